The smallest absolute Gasteiger partial charge is 0.165 e. The molecule has 1 fully saturated rings. The van der Waals surface area contributed by atoms with E-state index in [2.05, 4.69) is 12.2 Å². The first-order valence-corrected chi connectivity index (χ1v) is 6.09. The summed E-state index contributed by atoms with van der Waals surface area (Å²) in [7, 11) is 3.47. The van der Waals surface area contributed by atoms with Gasteiger partial charge >= 0.3 is 0 Å². The zero-order chi connectivity index (χ0) is 12.5. The van der Waals surface area contributed by atoms with Gasteiger partial charge in [0.05, 0.1) is 7.11 Å². The highest BCUT2D eigenvalue weighted by Gasteiger charge is 2.43. The van der Waals surface area contributed by atoms with E-state index in [4.69, 9.17) is 4.74 Å². The van der Waals surface area contributed by atoms with Crippen LogP contribution in [0.1, 0.15) is 25.3 Å². The standard InChI is InChI=1S/C14H20FNO/c1-14(6-7-14)13(16-2)9-10-4-5-12(17-3)11(15)8-10/h4-5,8,13,16H,6-7,9H2,1-3H3. The van der Waals surface area contributed by atoms with E-state index >= 15 is 0 Å². The van der Waals surface area contributed by atoms with Crippen LogP contribution in [-0.4, -0.2) is 20.2 Å². The minimum absolute atomic E-state index is 0.277. The maximum absolute atomic E-state index is 13.6. The summed E-state index contributed by atoms with van der Waals surface area (Å²) in [4.78, 5) is 0. The molecule has 1 unspecified atom stereocenters. The van der Waals surface area contributed by atoms with Gasteiger partial charge in [-0.1, -0.05) is 13.0 Å². The Morgan fingerprint density at radius 2 is 2.18 bits per heavy atom. The lowest BCUT2D eigenvalue weighted by atomic mass is 9.92. The van der Waals surface area contributed by atoms with Crippen LogP contribution in [0.2, 0.25) is 0 Å². The van der Waals surface area contributed by atoms with Gasteiger partial charge in [0.15, 0.2) is 11.6 Å². The summed E-state index contributed by atoms with van der Waals surface area (Å²) >= 11 is 0. The van der Waals surface area contributed by atoms with Crippen LogP contribution in [-0.2, 0) is 6.42 Å². The lowest BCUT2D eigenvalue weighted by Crippen LogP contribution is -2.35. The van der Waals surface area contributed by atoms with Crippen molar-refractivity contribution in [2.24, 2.45) is 5.41 Å². The normalized spacial score (nSPS) is 18.8. The molecule has 0 spiro atoms. The molecule has 3 heteroatoms. The maximum atomic E-state index is 13.6. The Bertz CT molecular complexity index is 401. The van der Waals surface area contributed by atoms with E-state index in [1.165, 1.54) is 20.0 Å². The quantitative estimate of drug-likeness (QED) is 0.850. The molecule has 1 aliphatic rings. The largest absolute Gasteiger partial charge is 0.494 e. The number of hydrogen-bond donors (Lipinski definition) is 1. The van der Waals surface area contributed by atoms with E-state index in [0.29, 0.717) is 17.2 Å². The molecule has 1 atom stereocenters. The van der Waals surface area contributed by atoms with E-state index in [9.17, 15) is 4.39 Å². The molecular formula is C14H20FNO. The summed E-state index contributed by atoms with van der Waals surface area (Å²) in [5, 5.41) is 3.35. The fraction of sp³-hybridized carbons (Fsp3) is 0.571. The molecule has 2 nitrogen and oxygen atoms in total. The van der Waals surface area contributed by atoms with Crippen molar-refractivity contribution >= 4 is 0 Å². The molecule has 1 aromatic rings. The molecule has 0 saturated heterocycles. The number of hydrogen-bond acceptors (Lipinski definition) is 2. The second-order valence-electron chi connectivity index (χ2n) is 5.17. The molecular weight excluding hydrogens is 217 g/mol. The Morgan fingerprint density at radius 1 is 1.47 bits per heavy atom. The van der Waals surface area contributed by atoms with Crippen LogP contribution in [0.15, 0.2) is 18.2 Å². The van der Waals surface area contributed by atoms with Crippen LogP contribution >= 0.6 is 0 Å². The van der Waals surface area contributed by atoms with Crippen LogP contribution < -0.4 is 10.1 Å². The van der Waals surface area contributed by atoms with Crippen LogP contribution in [0.4, 0.5) is 4.39 Å². The zero-order valence-electron chi connectivity index (χ0n) is 10.7. The Balaban J connectivity index is 2.10. The van der Waals surface area contributed by atoms with Gasteiger partial charge in [0, 0.05) is 6.04 Å². The Hall–Kier alpha value is -1.09. The number of benzene rings is 1. The lowest BCUT2D eigenvalue weighted by molar-refractivity contribution is 0.372. The van der Waals surface area contributed by atoms with E-state index in [0.717, 1.165) is 12.0 Å². The number of likely N-dealkylation sites (N-methyl/N-ethyl adjacent to an activating group) is 1. The van der Waals surface area contributed by atoms with Gasteiger partial charge in [-0.2, -0.15) is 0 Å². The van der Waals surface area contributed by atoms with Gasteiger partial charge in [-0.05, 0) is 49.4 Å². The predicted molar refractivity (Wildman–Crippen MR) is 66.8 cm³/mol. The molecule has 0 aromatic heterocycles. The maximum Gasteiger partial charge on any atom is 0.165 e. The zero-order valence-corrected chi connectivity index (χ0v) is 10.7. The third-order valence-corrected chi connectivity index (χ3v) is 3.88. The van der Waals surface area contributed by atoms with Crippen molar-refractivity contribution in [1.29, 1.82) is 0 Å². The van der Waals surface area contributed by atoms with Gasteiger partial charge in [-0.15, -0.1) is 0 Å². The van der Waals surface area contributed by atoms with Crippen molar-refractivity contribution < 1.29 is 9.13 Å². The summed E-state index contributed by atoms with van der Waals surface area (Å²) in [6, 6.07) is 5.65. The van der Waals surface area contributed by atoms with Gasteiger partial charge < -0.3 is 10.1 Å². The molecule has 0 radical (unpaired) electrons. The fourth-order valence-electron chi connectivity index (χ4n) is 2.32. The number of methoxy groups -OCH3 is 1. The summed E-state index contributed by atoms with van der Waals surface area (Å²) in [6.45, 7) is 2.29. The third kappa shape index (κ3) is 2.60. The second kappa shape index (κ2) is 4.65. The Labute approximate surface area is 102 Å². The van der Waals surface area contributed by atoms with E-state index in [-0.39, 0.29) is 5.82 Å². The molecule has 0 heterocycles. The summed E-state index contributed by atoms with van der Waals surface area (Å²) in [5.74, 6) is 0.0354. The SMILES string of the molecule is CNC(Cc1ccc(OC)c(F)c1)C1(C)CC1. The van der Waals surface area contributed by atoms with Crippen molar-refractivity contribution in [2.45, 2.75) is 32.2 Å². The van der Waals surface area contributed by atoms with Crippen LogP contribution in [0.25, 0.3) is 0 Å². The average Bonchev–Trinajstić information content (AvgIpc) is 3.05. The van der Waals surface area contributed by atoms with Crippen LogP contribution in [0, 0.1) is 11.2 Å². The van der Waals surface area contributed by atoms with Gasteiger partial charge in [-0.3, -0.25) is 0 Å². The monoisotopic (exact) mass is 237 g/mol. The molecule has 0 bridgehead atoms. The molecule has 0 amide bonds. The van der Waals surface area contributed by atoms with Gasteiger partial charge in [0.1, 0.15) is 0 Å². The highest BCUT2D eigenvalue weighted by molar-refractivity contribution is 5.30. The van der Waals surface area contributed by atoms with Crippen molar-refractivity contribution in [3.63, 3.8) is 0 Å². The van der Waals surface area contributed by atoms with Crippen molar-refractivity contribution in [3.05, 3.63) is 29.6 Å². The first kappa shape index (κ1) is 12.4. The first-order chi connectivity index (χ1) is 8.09. The highest BCUT2D eigenvalue weighted by Crippen LogP contribution is 2.48. The van der Waals surface area contributed by atoms with Gasteiger partial charge in [0.25, 0.3) is 0 Å². The predicted octanol–water partition coefficient (Wildman–Crippen LogP) is 2.76. The molecule has 17 heavy (non-hydrogen) atoms. The van der Waals surface area contributed by atoms with Crippen LogP contribution in [0.5, 0.6) is 5.75 Å². The van der Waals surface area contributed by atoms with Crippen LogP contribution in [0.3, 0.4) is 0 Å². The minimum atomic E-state index is -0.277. The summed E-state index contributed by atoms with van der Waals surface area (Å²) < 4.78 is 18.5. The van der Waals surface area contributed by atoms with Crippen molar-refractivity contribution in [2.75, 3.05) is 14.2 Å². The fourth-order valence-corrected chi connectivity index (χ4v) is 2.32. The Kier molecular flexibility index (Phi) is 3.38. The molecule has 1 saturated carbocycles. The highest BCUT2D eigenvalue weighted by atomic mass is 19.1. The molecule has 0 aliphatic heterocycles. The summed E-state index contributed by atoms with van der Waals surface area (Å²) in [5.41, 5.74) is 1.42. The number of rotatable bonds is 5. The average molecular weight is 237 g/mol. The summed E-state index contributed by atoms with van der Waals surface area (Å²) in [6.07, 6.45) is 3.39. The number of nitrogens with one attached hydrogen (secondary N) is 1. The number of halogens is 1. The Morgan fingerprint density at radius 3 is 2.65 bits per heavy atom. The minimum Gasteiger partial charge on any atom is -0.494 e. The van der Waals surface area contributed by atoms with Crippen molar-refractivity contribution in [1.82, 2.24) is 5.32 Å². The van der Waals surface area contributed by atoms with E-state index in [1.807, 2.05) is 13.1 Å². The van der Waals surface area contributed by atoms with Crippen molar-refractivity contribution in [3.8, 4) is 5.75 Å². The second-order valence-corrected chi connectivity index (χ2v) is 5.17. The third-order valence-electron chi connectivity index (χ3n) is 3.88. The molecule has 1 N–H and O–H groups in total. The van der Waals surface area contributed by atoms with E-state index < -0.39 is 0 Å². The first-order valence-electron chi connectivity index (χ1n) is 6.09. The number of ether oxygens (including phenoxy) is 1. The van der Waals surface area contributed by atoms with Gasteiger partial charge in [0.2, 0.25) is 0 Å². The molecule has 1 aromatic carbocycles. The molecule has 1 aliphatic carbocycles. The van der Waals surface area contributed by atoms with E-state index in [1.54, 1.807) is 12.1 Å². The molecule has 94 valence electrons. The lowest BCUT2D eigenvalue weighted by Gasteiger charge is -2.23. The topological polar surface area (TPSA) is 21.3 Å². The van der Waals surface area contributed by atoms with Gasteiger partial charge in [-0.25, -0.2) is 4.39 Å². The molecule has 2 rings (SSSR count).